The zero-order valence-electron chi connectivity index (χ0n) is 18.0. The highest BCUT2D eigenvalue weighted by molar-refractivity contribution is 14.1. The number of fused-ring (bicyclic) bond motifs is 3. The molecule has 0 spiro atoms. The van der Waals surface area contributed by atoms with E-state index in [2.05, 4.69) is 4.98 Å². The van der Waals surface area contributed by atoms with E-state index in [-0.39, 0.29) is 22.0 Å². The van der Waals surface area contributed by atoms with Crippen molar-refractivity contribution in [3.05, 3.63) is 90.2 Å². The minimum absolute atomic E-state index is 0.0525. The Morgan fingerprint density at radius 1 is 1.09 bits per heavy atom. The molecule has 0 fully saturated rings. The number of nitrogens with zero attached hydrogens (tertiary/aromatic N) is 2. The Bertz CT molecular complexity index is 1770. The van der Waals surface area contributed by atoms with Gasteiger partial charge in [0.2, 0.25) is 0 Å². The molecular weight excluding hydrogens is 587 g/mol. The number of aryl methyl sites for hydroxylation is 1. The van der Waals surface area contributed by atoms with Gasteiger partial charge in [0.15, 0.2) is 16.5 Å². The predicted octanol–water partition coefficient (Wildman–Crippen LogP) is 4.15. The van der Waals surface area contributed by atoms with Crippen molar-refractivity contribution in [2.45, 2.75) is 11.8 Å². The first kappa shape index (κ1) is 22.8. The van der Waals surface area contributed by atoms with E-state index >= 15 is 0 Å². The van der Waals surface area contributed by atoms with Crippen LogP contribution < -0.4 is 19.0 Å². The normalized spacial score (nSPS) is 12.5. The topological polar surface area (TPSA) is 87.0 Å². The Labute approximate surface area is 212 Å². The third-order valence-electron chi connectivity index (χ3n) is 5.20. The van der Waals surface area contributed by atoms with Crippen molar-refractivity contribution in [1.29, 1.82) is 0 Å². The molecule has 10 heteroatoms. The van der Waals surface area contributed by atoms with Crippen molar-refractivity contribution in [2.24, 2.45) is 0 Å². The lowest BCUT2D eigenvalue weighted by atomic mass is 10.2. The van der Waals surface area contributed by atoms with Gasteiger partial charge in [-0.1, -0.05) is 41.2 Å². The maximum atomic E-state index is 13.0. The third kappa shape index (κ3) is 4.05. The molecule has 3 aromatic carbocycles. The summed E-state index contributed by atoms with van der Waals surface area (Å²) in [5.74, 6) is 0.336. The maximum absolute atomic E-state index is 13.0. The van der Waals surface area contributed by atoms with Crippen molar-refractivity contribution in [3.63, 3.8) is 0 Å². The molecule has 0 amide bonds. The van der Waals surface area contributed by atoms with Crippen molar-refractivity contribution < 1.29 is 17.3 Å². The standard InChI is InChI=1S/C24H17IN2O5S2/c1-14-7-9-16(10-8-14)34(29,30)32-22-17(25)11-15(12-20(22)31-2)13-21-23(28)27-19-6-4-3-5-18(19)26-24(27)33-21/h3-13H,1-2H3/b21-13-. The summed E-state index contributed by atoms with van der Waals surface area (Å²) >= 11 is 3.28. The molecule has 0 saturated heterocycles. The molecule has 2 heterocycles. The fourth-order valence-electron chi connectivity index (χ4n) is 3.53. The van der Waals surface area contributed by atoms with Crippen LogP contribution in [0.25, 0.3) is 22.1 Å². The second kappa shape index (κ2) is 8.67. The Hall–Kier alpha value is -2.96. The highest BCUT2D eigenvalue weighted by Gasteiger charge is 2.22. The maximum Gasteiger partial charge on any atom is 0.339 e. The van der Waals surface area contributed by atoms with Crippen molar-refractivity contribution in [1.82, 2.24) is 9.38 Å². The quantitative estimate of drug-likeness (QED) is 0.222. The second-order valence-corrected chi connectivity index (χ2v) is 11.2. The lowest BCUT2D eigenvalue weighted by molar-refractivity contribution is 0.389. The first-order valence-corrected chi connectivity index (χ1v) is 13.4. The van der Waals surface area contributed by atoms with Crippen LogP contribution in [-0.2, 0) is 10.1 Å². The zero-order chi connectivity index (χ0) is 24.0. The molecule has 0 aliphatic heterocycles. The summed E-state index contributed by atoms with van der Waals surface area (Å²) < 4.78 is 39.1. The van der Waals surface area contributed by atoms with Gasteiger partial charge in [-0.3, -0.25) is 4.79 Å². The monoisotopic (exact) mass is 604 g/mol. The minimum Gasteiger partial charge on any atom is -0.493 e. The number of halogens is 1. The summed E-state index contributed by atoms with van der Waals surface area (Å²) in [6, 6.07) is 17.3. The largest absolute Gasteiger partial charge is 0.493 e. The average molecular weight is 604 g/mol. The Balaban J connectivity index is 1.57. The van der Waals surface area contributed by atoms with E-state index in [9.17, 15) is 13.2 Å². The Morgan fingerprint density at radius 3 is 2.56 bits per heavy atom. The lowest BCUT2D eigenvalue weighted by Gasteiger charge is -2.13. The van der Waals surface area contributed by atoms with Crippen LogP contribution in [0.15, 0.2) is 70.4 Å². The van der Waals surface area contributed by atoms with Crippen LogP contribution in [0.1, 0.15) is 11.1 Å². The molecule has 0 bridgehead atoms. The third-order valence-corrected chi connectivity index (χ3v) is 8.20. The Kier molecular flexibility index (Phi) is 5.82. The minimum atomic E-state index is -4.05. The van der Waals surface area contributed by atoms with Crippen molar-refractivity contribution in [2.75, 3.05) is 7.11 Å². The molecule has 2 aromatic heterocycles. The fourth-order valence-corrected chi connectivity index (χ4v) is 6.36. The number of ether oxygens (including phenoxy) is 1. The molecule has 0 aliphatic carbocycles. The zero-order valence-corrected chi connectivity index (χ0v) is 21.8. The molecular formula is C24H17IN2O5S2. The Morgan fingerprint density at radius 2 is 1.82 bits per heavy atom. The van der Waals surface area contributed by atoms with Crippen LogP contribution in [0, 0.1) is 10.5 Å². The predicted molar refractivity (Wildman–Crippen MR) is 140 cm³/mol. The molecule has 5 rings (SSSR count). The number of hydrogen-bond donors (Lipinski definition) is 0. The lowest BCUT2D eigenvalue weighted by Crippen LogP contribution is -2.22. The van der Waals surface area contributed by atoms with Crippen molar-refractivity contribution in [3.8, 4) is 11.5 Å². The molecule has 34 heavy (non-hydrogen) atoms. The highest BCUT2D eigenvalue weighted by Crippen LogP contribution is 2.36. The molecule has 0 atom stereocenters. The number of hydrogen-bond acceptors (Lipinski definition) is 7. The van der Waals surface area contributed by atoms with Crippen LogP contribution in [0.3, 0.4) is 0 Å². The molecule has 172 valence electrons. The first-order chi connectivity index (χ1) is 16.3. The summed E-state index contributed by atoms with van der Waals surface area (Å²) in [7, 11) is -2.61. The van der Waals surface area contributed by atoms with Gasteiger partial charge in [0.25, 0.3) is 5.56 Å². The van der Waals surface area contributed by atoms with Crippen LogP contribution in [0.5, 0.6) is 11.5 Å². The van der Waals surface area contributed by atoms with Gasteiger partial charge in [-0.2, -0.15) is 8.42 Å². The number of para-hydroxylation sites is 2. The van der Waals surface area contributed by atoms with Gasteiger partial charge in [0.05, 0.1) is 26.2 Å². The number of benzene rings is 3. The molecule has 7 nitrogen and oxygen atoms in total. The van der Waals surface area contributed by atoms with Crippen LogP contribution >= 0.6 is 33.9 Å². The van der Waals surface area contributed by atoms with E-state index in [1.54, 1.807) is 34.7 Å². The van der Waals surface area contributed by atoms with E-state index in [1.807, 2.05) is 53.8 Å². The second-order valence-electron chi connectivity index (χ2n) is 7.52. The molecule has 0 saturated carbocycles. The van der Waals surface area contributed by atoms with Crippen LogP contribution in [-0.4, -0.2) is 24.9 Å². The van der Waals surface area contributed by atoms with Gasteiger partial charge in [-0.15, -0.1) is 0 Å². The number of imidazole rings is 1. The molecule has 0 N–H and O–H groups in total. The van der Waals surface area contributed by atoms with Gasteiger partial charge in [0.1, 0.15) is 4.90 Å². The van der Waals surface area contributed by atoms with Gasteiger partial charge in [-0.05, 0) is 77.6 Å². The van der Waals surface area contributed by atoms with E-state index in [0.29, 0.717) is 18.6 Å². The molecule has 5 aromatic rings. The van der Waals surface area contributed by atoms with Gasteiger partial charge in [-0.25, -0.2) is 9.38 Å². The number of methoxy groups -OCH3 is 1. The summed E-state index contributed by atoms with van der Waals surface area (Å²) in [6.07, 6.45) is 1.74. The van der Waals surface area contributed by atoms with Crippen molar-refractivity contribution >= 4 is 66.1 Å². The van der Waals surface area contributed by atoms with Crippen LogP contribution in [0.4, 0.5) is 0 Å². The smallest absolute Gasteiger partial charge is 0.339 e. The summed E-state index contributed by atoms with van der Waals surface area (Å²) in [6.45, 7) is 1.87. The molecule has 0 radical (unpaired) electrons. The van der Waals surface area contributed by atoms with Crippen LogP contribution in [0.2, 0.25) is 0 Å². The summed E-state index contributed by atoms with van der Waals surface area (Å²) in [5.41, 5.74) is 2.98. The summed E-state index contributed by atoms with van der Waals surface area (Å²) in [4.78, 5) is 18.2. The first-order valence-electron chi connectivity index (χ1n) is 10.1. The summed E-state index contributed by atoms with van der Waals surface area (Å²) in [5, 5.41) is 0. The van der Waals surface area contributed by atoms with E-state index in [0.717, 1.165) is 16.6 Å². The molecule has 0 aliphatic rings. The van der Waals surface area contributed by atoms with Gasteiger partial charge in [0, 0.05) is 0 Å². The van der Waals surface area contributed by atoms with E-state index in [4.69, 9.17) is 8.92 Å². The average Bonchev–Trinajstić information content (AvgIpc) is 3.31. The number of thiazole rings is 1. The highest BCUT2D eigenvalue weighted by atomic mass is 127. The van der Waals surface area contributed by atoms with Gasteiger partial charge >= 0.3 is 10.1 Å². The SMILES string of the molecule is COc1cc(/C=c2\sc3nc4ccccc4n3c2=O)cc(I)c1OS(=O)(=O)c1ccc(C)cc1. The molecule has 0 unspecified atom stereocenters. The fraction of sp³-hybridized carbons (Fsp3) is 0.0833. The number of aromatic nitrogens is 2. The van der Waals surface area contributed by atoms with E-state index in [1.165, 1.54) is 30.6 Å². The van der Waals surface area contributed by atoms with Gasteiger partial charge < -0.3 is 8.92 Å². The number of rotatable bonds is 5. The van der Waals surface area contributed by atoms with E-state index < -0.39 is 10.1 Å².